The number of hydrogen-bond donors (Lipinski definition) is 0. The number of carbonyl (C=O) groups is 1. The lowest BCUT2D eigenvalue weighted by Crippen LogP contribution is -2.26. The predicted octanol–water partition coefficient (Wildman–Crippen LogP) is 6.05. The lowest BCUT2D eigenvalue weighted by atomic mass is 10.1. The summed E-state index contributed by atoms with van der Waals surface area (Å²) in [6.07, 6.45) is 4.74. The van der Waals surface area contributed by atoms with Crippen LogP contribution < -0.4 is 4.74 Å². The number of aromatic nitrogens is 2. The number of imidazole rings is 1. The molecule has 0 aliphatic carbocycles. The number of carbonyl (C=O) groups excluding carboxylic acids is 1. The summed E-state index contributed by atoms with van der Waals surface area (Å²) in [5.41, 5.74) is 4.59. The molecule has 33 heavy (non-hydrogen) atoms. The number of ether oxygens (including phenoxy) is 1. The van der Waals surface area contributed by atoms with Crippen LogP contribution in [0.1, 0.15) is 61.9 Å². The third-order valence-electron chi connectivity index (χ3n) is 6.42. The highest BCUT2D eigenvalue weighted by Gasteiger charge is 2.33. The first-order valence-corrected chi connectivity index (χ1v) is 12.0. The highest BCUT2D eigenvalue weighted by Crippen LogP contribution is 2.31. The minimum atomic E-state index is 0. The Labute approximate surface area is 203 Å². The molecule has 1 fully saturated rings. The van der Waals surface area contributed by atoms with Gasteiger partial charge < -0.3 is 14.2 Å². The van der Waals surface area contributed by atoms with Crippen LogP contribution in [0.2, 0.25) is 0 Å². The number of likely N-dealkylation sites (tertiary alicyclic amines) is 1. The summed E-state index contributed by atoms with van der Waals surface area (Å²) in [5, 5.41) is 0. The Morgan fingerprint density at radius 3 is 2.70 bits per heavy atom. The number of nitrogens with zero attached hydrogens (tertiary/aromatic N) is 3. The molecule has 1 amide bonds. The van der Waals surface area contributed by atoms with E-state index in [1.807, 2.05) is 11.0 Å². The average molecular weight is 470 g/mol. The van der Waals surface area contributed by atoms with Crippen molar-refractivity contribution >= 4 is 29.3 Å². The van der Waals surface area contributed by atoms with Gasteiger partial charge in [-0.3, -0.25) is 4.79 Å². The first-order chi connectivity index (χ1) is 15.6. The van der Waals surface area contributed by atoms with Crippen molar-refractivity contribution in [1.82, 2.24) is 14.5 Å². The number of rotatable bonds is 10. The van der Waals surface area contributed by atoms with E-state index in [0.717, 1.165) is 67.9 Å². The van der Waals surface area contributed by atoms with Gasteiger partial charge in [0, 0.05) is 32.0 Å². The minimum Gasteiger partial charge on any atom is -0.493 e. The molecule has 0 bridgehead atoms. The van der Waals surface area contributed by atoms with E-state index in [0.29, 0.717) is 13.0 Å². The monoisotopic (exact) mass is 469 g/mol. The fourth-order valence-electron chi connectivity index (χ4n) is 4.57. The maximum atomic E-state index is 12.5. The molecule has 2 aromatic carbocycles. The maximum absolute atomic E-state index is 12.5. The second-order valence-corrected chi connectivity index (χ2v) is 9.03. The van der Waals surface area contributed by atoms with E-state index >= 15 is 0 Å². The normalized spacial score (nSPS) is 15.8. The van der Waals surface area contributed by atoms with E-state index in [1.54, 1.807) is 0 Å². The molecule has 5 nitrogen and oxygen atoms in total. The largest absolute Gasteiger partial charge is 0.493 e. The zero-order valence-corrected chi connectivity index (χ0v) is 20.9. The number of hydrogen-bond acceptors (Lipinski definition) is 3. The lowest BCUT2D eigenvalue weighted by Gasteiger charge is -2.17. The zero-order chi connectivity index (χ0) is 22.5. The summed E-state index contributed by atoms with van der Waals surface area (Å²) in [6, 6.07) is 14.7. The molecule has 0 N–H and O–H groups in total. The first-order valence-electron chi connectivity index (χ1n) is 12.0. The van der Waals surface area contributed by atoms with Crippen molar-refractivity contribution in [3.63, 3.8) is 0 Å². The van der Waals surface area contributed by atoms with Crippen LogP contribution in [0.25, 0.3) is 11.0 Å². The van der Waals surface area contributed by atoms with Gasteiger partial charge >= 0.3 is 0 Å². The van der Waals surface area contributed by atoms with Crippen molar-refractivity contribution in [2.24, 2.45) is 0 Å². The van der Waals surface area contributed by atoms with Gasteiger partial charge in [-0.05, 0) is 62.4 Å². The molecule has 0 spiro atoms. The average Bonchev–Trinajstić information content (AvgIpc) is 3.34. The summed E-state index contributed by atoms with van der Waals surface area (Å²) in [7, 11) is 0. The molecule has 1 unspecified atom stereocenters. The van der Waals surface area contributed by atoms with Crippen LogP contribution in [0.3, 0.4) is 0 Å². The van der Waals surface area contributed by atoms with E-state index in [9.17, 15) is 4.79 Å². The van der Waals surface area contributed by atoms with Gasteiger partial charge in [0.15, 0.2) is 0 Å². The van der Waals surface area contributed by atoms with Crippen LogP contribution in [0.15, 0.2) is 42.5 Å². The van der Waals surface area contributed by atoms with Gasteiger partial charge in [0.05, 0.1) is 17.6 Å². The fraction of sp³-hybridized carbons (Fsp3) is 0.481. The zero-order valence-electron chi connectivity index (χ0n) is 20.0. The van der Waals surface area contributed by atoms with Gasteiger partial charge in [-0.1, -0.05) is 37.6 Å². The quantitative estimate of drug-likeness (QED) is 0.339. The number of halogens is 1. The van der Waals surface area contributed by atoms with Crippen molar-refractivity contribution in [3.05, 3.63) is 59.4 Å². The van der Waals surface area contributed by atoms with E-state index in [4.69, 9.17) is 9.72 Å². The fourth-order valence-corrected chi connectivity index (χ4v) is 4.57. The Balaban J connectivity index is 0.00000306. The molecule has 0 saturated carbocycles. The van der Waals surface area contributed by atoms with Crippen molar-refractivity contribution in [2.75, 3.05) is 19.7 Å². The van der Waals surface area contributed by atoms with Crippen LogP contribution in [-0.2, 0) is 11.3 Å². The Kier molecular flexibility index (Phi) is 8.79. The van der Waals surface area contributed by atoms with E-state index in [-0.39, 0.29) is 24.2 Å². The van der Waals surface area contributed by atoms with E-state index in [1.165, 1.54) is 11.1 Å². The second kappa shape index (κ2) is 11.6. The third kappa shape index (κ3) is 5.89. The highest BCUT2D eigenvalue weighted by atomic mass is 35.5. The lowest BCUT2D eigenvalue weighted by molar-refractivity contribution is -0.127. The van der Waals surface area contributed by atoms with Crippen molar-refractivity contribution < 1.29 is 9.53 Å². The Morgan fingerprint density at radius 1 is 1.06 bits per heavy atom. The Morgan fingerprint density at radius 2 is 1.88 bits per heavy atom. The first kappa shape index (κ1) is 25.1. The van der Waals surface area contributed by atoms with Gasteiger partial charge in [-0.15, -0.1) is 12.4 Å². The Bertz CT molecular complexity index is 1080. The van der Waals surface area contributed by atoms with Crippen LogP contribution in [0.4, 0.5) is 0 Å². The van der Waals surface area contributed by atoms with Crippen LogP contribution in [0.5, 0.6) is 5.75 Å². The molecule has 2 heterocycles. The number of benzene rings is 2. The summed E-state index contributed by atoms with van der Waals surface area (Å²) < 4.78 is 8.39. The minimum absolute atomic E-state index is 0. The molecule has 1 aromatic heterocycles. The molecule has 3 aromatic rings. The summed E-state index contributed by atoms with van der Waals surface area (Å²) in [4.78, 5) is 19.5. The van der Waals surface area contributed by atoms with Crippen molar-refractivity contribution in [3.8, 4) is 5.75 Å². The van der Waals surface area contributed by atoms with Gasteiger partial charge in [0.25, 0.3) is 0 Å². The topological polar surface area (TPSA) is 47.4 Å². The maximum Gasteiger partial charge on any atom is 0.223 e. The van der Waals surface area contributed by atoms with Gasteiger partial charge in [-0.2, -0.15) is 0 Å². The van der Waals surface area contributed by atoms with Crippen LogP contribution in [0, 0.1) is 13.8 Å². The smallest absolute Gasteiger partial charge is 0.223 e. The molecular weight excluding hydrogens is 434 g/mol. The van der Waals surface area contributed by atoms with E-state index in [2.05, 4.69) is 61.7 Å². The van der Waals surface area contributed by atoms with Crippen molar-refractivity contribution in [1.29, 1.82) is 0 Å². The van der Waals surface area contributed by atoms with Gasteiger partial charge in [0.2, 0.25) is 5.91 Å². The van der Waals surface area contributed by atoms with Crippen LogP contribution >= 0.6 is 12.4 Å². The number of amides is 1. The molecule has 0 radical (unpaired) electrons. The summed E-state index contributed by atoms with van der Waals surface area (Å²) >= 11 is 0. The number of aryl methyl sites for hydroxylation is 3. The van der Waals surface area contributed by atoms with Crippen LogP contribution in [-0.4, -0.2) is 40.1 Å². The van der Waals surface area contributed by atoms with E-state index < -0.39 is 0 Å². The summed E-state index contributed by atoms with van der Waals surface area (Å²) in [6.45, 7) is 9.60. The van der Waals surface area contributed by atoms with Gasteiger partial charge in [-0.25, -0.2) is 4.98 Å². The SMILES string of the molecule is CCCCN1CC(c2nc3ccccc3n2CCCCOc2cc(C)ccc2C)CC1=O.Cl. The molecular formula is C27H36ClN3O2. The Hall–Kier alpha value is -2.53. The molecule has 1 aliphatic heterocycles. The molecule has 1 saturated heterocycles. The molecule has 178 valence electrons. The number of para-hydroxylation sites is 2. The van der Waals surface area contributed by atoms with Gasteiger partial charge in [0.1, 0.15) is 11.6 Å². The molecule has 1 atom stereocenters. The molecule has 4 rings (SSSR count). The summed E-state index contributed by atoms with van der Waals surface area (Å²) in [5.74, 6) is 2.49. The number of fused-ring (bicyclic) bond motifs is 1. The standard InChI is InChI=1S/C27H35N3O2.ClH/c1-4-5-14-29-19-22(18-26(29)31)27-28-23-10-6-7-11-24(23)30(27)15-8-9-16-32-25-17-20(2)12-13-21(25)3;/h6-7,10-13,17,22H,4-5,8-9,14-16,18-19H2,1-3H3;1H. The highest BCUT2D eigenvalue weighted by molar-refractivity contribution is 5.85. The van der Waals surface area contributed by atoms with Crippen molar-refractivity contribution in [2.45, 2.75) is 65.3 Å². The second-order valence-electron chi connectivity index (χ2n) is 9.03. The molecule has 6 heteroatoms. The number of unbranched alkanes of at least 4 members (excludes halogenated alkanes) is 2. The molecule has 1 aliphatic rings. The third-order valence-corrected chi connectivity index (χ3v) is 6.42. The predicted molar refractivity (Wildman–Crippen MR) is 136 cm³/mol.